The molecule has 0 unspecified atom stereocenters. The van der Waals surface area contributed by atoms with Crippen LogP contribution in [0.3, 0.4) is 0 Å². The first-order valence-electron chi connectivity index (χ1n) is 4.61. The molecule has 0 radical (unpaired) electrons. The largest absolute Gasteiger partial charge is 0.301 e. The second kappa shape index (κ2) is 4.38. The van der Waals surface area contributed by atoms with Crippen LogP contribution in [0.15, 0.2) is 29.2 Å². The van der Waals surface area contributed by atoms with E-state index in [1.165, 1.54) is 12.1 Å². The van der Waals surface area contributed by atoms with Crippen molar-refractivity contribution >= 4 is 34.6 Å². The van der Waals surface area contributed by atoms with Gasteiger partial charge in [0.25, 0.3) is 11.6 Å². The number of nitrogens with one attached hydrogen (secondary N) is 2. The third-order valence-corrected chi connectivity index (χ3v) is 2.91. The Morgan fingerprint density at radius 3 is 2.71 bits per heavy atom. The molecular formula is C10H7N3O3S. The molecule has 1 heterocycles. The summed E-state index contributed by atoms with van der Waals surface area (Å²) in [6.07, 6.45) is 1.42. The molecule has 0 aliphatic carbocycles. The second-order valence-corrected chi connectivity index (χ2v) is 4.26. The van der Waals surface area contributed by atoms with E-state index >= 15 is 0 Å². The zero-order valence-corrected chi connectivity index (χ0v) is 9.28. The van der Waals surface area contributed by atoms with Crippen LogP contribution in [0.5, 0.6) is 0 Å². The number of para-hydroxylation sites is 1. The normalized spacial score (nSPS) is 17.3. The number of rotatable bonds is 2. The number of nitrogens with zero attached hydrogens (tertiary/aromatic N) is 1. The van der Waals surface area contributed by atoms with Crippen molar-refractivity contribution in [3.8, 4) is 0 Å². The minimum Gasteiger partial charge on any atom is -0.301 e. The maximum Gasteiger partial charge on any atom is 0.276 e. The fourth-order valence-corrected chi connectivity index (χ4v) is 2.05. The highest BCUT2D eigenvalue weighted by Crippen LogP contribution is 2.28. The highest BCUT2D eigenvalue weighted by Gasteiger charge is 2.23. The molecule has 1 aromatic carbocycles. The molecular weight excluding hydrogens is 242 g/mol. The first-order chi connectivity index (χ1) is 8.08. The van der Waals surface area contributed by atoms with E-state index in [0.717, 1.165) is 11.8 Å². The van der Waals surface area contributed by atoms with Gasteiger partial charge in [0, 0.05) is 6.07 Å². The smallest absolute Gasteiger partial charge is 0.276 e. The van der Waals surface area contributed by atoms with Crippen molar-refractivity contribution < 1.29 is 9.72 Å². The number of nitro groups is 1. The van der Waals surface area contributed by atoms with Gasteiger partial charge in [-0.05, 0) is 23.9 Å². The number of hydrogen-bond acceptors (Lipinski definition) is 5. The predicted molar refractivity (Wildman–Crippen MR) is 64.5 cm³/mol. The molecule has 1 amide bonds. The molecule has 86 valence electrons. The standard InChI is InChI=1S/C10H7N3O3S/c11-10-12-9(14)8(17-10)5-6-3-1-2-4-7(6)13(15)16/h1-5H,(H2,11,12,14)/b8-5-. The molecule has 1 aromatic rings. The number of carbonyl (C=O) groups is 1. The van der Waals surface area contributed by atoms with Gasteiger partial charge in [-0.25, -0.2) is 0 Å². The van der Waals surface area contributed by atoms with Crippen molar-refractivity contribution in [2.75, 3.05) is 0 Å². The zero-order chi connectivity index (χ0) is 12.4. The van der Waals surface area contributed by atoms with Crippen molar-refractivity contribution in [2.45, 2.75) is 0 Å². The lowest BCUT2D eigenvalue weighted by atomic mass is 10.1. The van der Waals surface area contributed by atoms with E-state index in [-0.39, 0.29) is 15.8 Å². The SMILES string of the molecule is N=C1NC(=O)/C(=C/c2ccccc2[N+](=O)[O-])S1. The van der Waals surface area contributed by atoms with E-state index < -0.39 is 10.8 Å². The van der Waals surface area contributed by atoms with Crippen molar-refractivity contribution in [1.29, 1.82) is 5.41 Å². The van der Waals surface area contributed by atoms with Crippen molar-refractivity contribution in [2.24, 2.45) is 0 Å². The van der Waals surface area contributed by atoms with Crippen LogP contribution in [0.25, 0.3) is 6.08 Å². The van der Waals surface area contributed by atoms with Gasteiger partial charge in [0.05, 0.1) is 15.4 Å². The molecule has 6 nitrogen and oxygen atoms in total. The average molecular weight is 249 g/mol. The predicted octanol–water partition coefficient (Wildman–Crippen LogP) is 1.73. The molecule has 0 spiro atoms. The lowest BCUT2D eigenvalue weighted by Crippen LogP contribution is -2.18. The van der Waals surface area contributed by atoms with Gasteiger partial charge in [0.2, 0.25) is 0 Å². The Balaban J connectivity index is 2.42. The summed E-state index contributed by atoms with van der Waals surface area (Å²) >= 11 is 0.950. The van der Waals surface area contributed by atoms with Crippen LogP contribution in [0.1, 0.15) is 5.56 Å². The Hall–Kier alpha value is -2.15. The number of amides is 1. The number of benzene rings is 1. The number of thioether (sulfide) groups is 1. The molecule has 1 fully saturated rings. The van der Waals surface area contributed by atoms with E-state index in [2.05, 4.69) is 5.32 Å². The lowest BCUT2D eigenvalue weighted by Gasteiger charge is -1.97. The number of carbonyl (C=O) groups excluding carboxylic acids is 1. The second-order valence-electron chi connectivity index (χ2n) is 3.21. The van der Waals surface area contributed by atoms with Crippen LogP contribution in [-0.2, 0) is 4.79 Å². The summed E-state index contributed by atoms with van der Waals surface area (Å²) in [5, 5.41) is 20.4. The Bertz CT molecular complexity index is 553. The van der Waals surface area contributed by atoms with Gasteiger partial charge >= 0.3 is 0 Å². The summed E-state index contributed by atoms with van der Waals surface area (Å²) < 4.78 is 0. The highest BCUT2D eigenvalue weighted by atomic mass is 32.2. The van der Waals surface area contributed by atoms with Crippen molar-refractivity contribution in [3.05, 3.63) is 44.8 Å². The van der Waals surface area contributed by atoms with Crippen LogP contribution >= 0.6 is 11.8 Å². The summed E-state index contributed by atoms with van der Waals surface area (Å²) in [5.41, 5.74) is 0.289. The Morgan fingerprint density at radius 1 is 1.41 bits per heavy atom. The summed E-state index contributed by atoms with van der Waals surface area (Å²) in [5.74, 6) is -0.404. The van der Waals surface area contributed by atoms with Crippen molar-refractivity contribution in [1.82, 2.24) is 5.32 Å². The number of nitro benzene ring substituents is 1. The molecule has 0 saturated carbocycles. The first kappa shape index (κ1) is 11.3. The third kappa shape index (κ3) is 2.34. The van der Waals surface area contributed by atoms with Gasteiger partial charge in [0.1, 0.15) is 0 Å². The Kier molecular flexibility index (Phi) is 2.92. The summed E-state index contributed by atoms with van der Waals surface area (Å²) in [4.78, 5) is 21.9. The minimum atomic E-state index is -0.505. The molecule has 0 atom stereocenters. The van der Waals surface area contributed by atoms with E-state index in [0.29, 0.717) is 5.56 Å². The Morgan fingerprint density at radius 2 is 2.12 bits per heavy atom. The molecule has 0 aromatic heterocycles. The Labute approximate surface area is 100 Å². The fraction of sp³-hybridized carbons (Fsp3) is 0. The number of hydrogen-bond donors (Lipinski definition) is 2. The molecule has 0 bridgehead atoms. The van der Waals surface area contributed by atoms with Crippen LogP contribution in [0.2, 0.25) is 0 Å². The molecule has 2 N–H and O–H groups in total. The lowest BCUT2D eigenvalue weighted by molar-refractivity contribution is -0.385. The van der Waals surface area contributed by atoms with Gasteiger partial charge in [-0.1, -0.05) is 12.1 Å². The maximum absolute atomic E-state index is 11.4. The van der Waals surface area contributed by atoms with Gasteiger partial charge in [0.15, 0.2) is 5.17 Å². The molecule has 7 heteroatoms. The molecule has 2 rings (SSSR count). The van der Waals surface area contributed by atoms with Gasteiger partial charge in [-0.3, -0.25) is 20.3 Å². The van der Waals surface area contributed by atoms with Crippen LogP contribution in [-0.4, -0.2) is 16.0 Å². The van der Waals surface area contributed by atoms with E-state index in [4.69, 9.17) is 5.41 Å². The average Bonchev–Trinajstić information content (AvgIpc) is 2.58. The minimum absolute atomic E-state index is 0.0276. The first-order valence-corrected chi connectivity index (χ1v) is 5.42. The van der Waals surface area contributed by atoms with Gasteiger partial charge in [-0.2, -0.15) is 0 Å². The van der Waals surface area contributed by atoms with Crippen LogP contribution in [0, 0.1) is 15.5 Å². The van der Waals surface area contributed by atoms with E-state index in [1.807, 2.05) is 0 Å². The molecule has 17 heavy (non-hydrogen) atoms. The monoisotopic (exact) mass is 249 g/mol. The molecule has 1 aliphatic rings. The summed E-state index contributed by atoms with van der Waals surface area (Å²) in [7, 11) is 0. The summed E-state index contributed by atoms with van der Waals surface area (Å²) in [6.45, 7) is 0. The summed E-state index contributed by atoms with van der Waals surface area (Å²) in [6, 6.07) is 6.14. The van der Waals surface area contributed by atoms with Crippen LogP contribution < -0.4 is 5.32 Å². The third-order valence-electron chi connectivity index (χ3n) is 2.08. The topological polar surface area (TPSA) is 96.1 Å². The van der Waals surface area contributed by atoms with E-state index in [9.17, 15) is 14.9 Å². The molecule has 1 saturated heterocycles. The van der Waals surface area contributed by atoms with Crippen molar-refractivity contribution in [3.63, 3.8) is 0 Å². The van der Waals surface area contributed by atoms with Crippen LogP contribution in [0.4, 0.5) is 5.69 Å². The fourth-order valence-electron chi connectivity index (χ4n) is 1.36. The van der Waals surface area contributed by atoms with Gasteiger partial charge < -0.3 is 5.32 Å². The van der Waals surface area contributed by atoms with E-state index in [1.54, 1.807) is 18.2 Å². The molecule has 1 aliphatic heterocycles. The quantitative estimate of drug-likeness (QED) is 0.474. The zero-order valence-electron chi connectivity index (χ0n) is 8.47. The maximum atomic E-state index is 11.4. The number of amidine groups is 1. The van der Waals surface area contributed by atoms with Gasteiger partial charge in [-0.15, -0.1) is 0 Å². The highest BCUT2D eigenvalue weighted by molar-refractivity contribution is 8.18.